The summed E-state index contributed by atoms with van der Waals surface area (Å²) < 4.78 is 32.3. The van der Waals surface area contributed by atoms with Crippen LogP contribution in [0.15, 0.2) is 63.6 Å². The van der Waals surface area contributed by atoms with E-state index >= 15 is 0 Å². The summed E-state index contributed by atoms with van der Waals surface area (Å²) in [6.07, 6.45) is 5.32. The molecule has 1 amide bonds. The maximum atomic E-state index is 12.4. The van der Waals surface area contributed by atoms with Crippen LogP contribution in [0.3, 0.4) is 0 Å². The summed E-state index contributed by atoms with van der Waals surface area (Å²) in [4.78, 5) is 12.1. The molecule has 1 heterocycles. The number of rotatable bonds is 7. The van der Waals surface area contributed by atoms with E-state index in [1.807, 2.05) is 6.92 Å². The molecule has 25 heavy (non-hydrogen) atoms. The summed E-state index contributed by atoms with van der Waals surface area (Å²) in [6.45, 7) is 2.01. The van der Waals surface area contributed by atoms with E-state index in [1.54, 1.807) is 30.3 Å². The second-order valence-corrected chi connectivity index (χ2v) is 7.85. The first-order valence-electron chi connectivity index (χ1n) is 8.05. The molecule has 1 fully saturated rings. The molecule has 2 N–H and O–H groups in total. The van der Waals surface area contributed by atoms with Crippen molar-refractivity contribution in [2.45, 2.75) is 31.2 Å². The molecule has 6 nitrogen and oxygen atoms in total. The SMILES string of the molecule is C/C(=C/C(=O)Nc1cccc(S(=O)(=O)NCc2ccco2)c1)C1CC1. The Labute approximate surface area is 147 Å². The van der Waals surface area contributed by atoms with E-state index in [9.17, 15) is 13.2 Å². The van der Waals surface area contributed by atoms with Gasteiger partial charge in [0.15, 0.2) is 0 Å². The number of nitrogens with one attached hydrogen (secondary N) is 2. The predicted octanol–water partition coefficient (Wildman–Crippen LogP) is 3.05. The minimum Gasteiger partial charge on any atom is -0.468 e. The van der Waals surface area contributed by atoms with E-state index < -0.39 is 10.0 Å². The number of amides is 1. The van der Waals surface area contributed by atoms with Gasteiger partial charge in [-0.05, 0) is 56.0 Å². The summed E-state index contributed by atoms with van der Waals surface area (Å²) in [5.74, 6) is 0.791. The molecular formula is C18H20N2O4S. The predicted molar refractivity (Wildman–Crippen MR) is 94.3 cm³/mol. The lowest BCUT2D eigenvalue weighted by atomic mass is 10.2. The second kappa shape index (κ2) is 7.25. The van der Waals surface area contributed by atoms with E-state index in [0.717, 1.165) is 18.4 Å². The van der Waals surface area contributed by atoms with E-state index in [-0.39, 0.29) is 17.3 Å². The van der Waals surface area contributed by atoms with Crippen molar-refractivity contribution in [3.8, 4) is 0 Å². The highest BCUT2D eigenvalue weighted by Crippen LogP contribution is 2.35. The standard InChI is InChI=1S/C18H20N2O4S/c1-13(14-7-8-14)10-18(21)20-15-4-2-6-17(11-15)25(22,23)19-12-16-5-3-9-24-16/h2-6,9-11,14,19H,7-8,12H2,1H3,(H,20,21)/b13-10-. The Morgan fingerprint density at radius 2 is 2.08 bits per heavy atom. The minimum atomic E-state index is -3.70. The molecule has 0 saturated heterocycles. The van der Waals surface area contributed by atoms with Gasteiger partial charge < -0.3 is 9.73 Å². The number of allylic oxidation sites excluding steroid dienone is 1. The van der Waals surface area contributed by atoms with Crippen LogP contribution < -0.4 is 10.0 Å². The number of hydrogen-bond acceptors (Lipinski definition) is 4. The maximum Gasteiger partial charge on any atom is 0.248 e. The lowest BCUT2D eigenvalue weighted by Gasteiger charge is -2.08. The molecule has 1 aliphatic carbocycles. The van der Waals surface area contributed by atoms with Crippen molar-refractivity contribution >= 4 is 21.6 Å². The van der Waals surface area contributed by atoms with Gasteiger partial charge in [0.25, 0.3) is 0 Å². The van der Waals surface area contributed by atoms with Crippen molar-refractivity contribution in [3.05, 3.63) is 60.1 Å². The summed E-state index contributed by atoms with van der Waals surface area (Å²) >= 11 is 0. The normalized spacial score (nSPS) is 15.2. The first-order chi connectivity index (χ1) is 11.9. The van der Waals surface area contributed by atoms with E-state index in [2.05, 4.69) is 10.0 Å². The molecule has 1 aromatic carbocycles. The molecule has 1 saturated carbocycles. The fraction of sp³-hybridized carbons (Fsp3) is 0.278. The lowest BCUT2D eigenvalue weighted by Crippen LogP contribution is -2.23. The van der Waals surface area contributed by atoms with Gasteiger partial charge >= 0.3 is 0 Å². The summed E-state index contributed by atoms with van der Waals surface area (Å²) in [5.41, 5.74) is 1.49. The molecule has 0 bridgehead atoms. The van der Waals surface area contributed by atoms with Crippen LogP contribution >= 0.6 is 0 Å². The molecule has 0 atom stereocenters. The molecule has 1 aliphatic rings. The third-order valence-electron chi connectivity index (χ3n) is 4.01. The van der Waals surface area contributed by atoms with Gasteiger partial charge in [0, 0.05) is 11.8 Å². The summed E-state index contributed by atoms with van der Waals surface area (Å²) in [7, 11) is -3.70. The zero-order valence-corrected chi connectivity index (χ0v) is 14.7. The first kappa shape index (κ1) is 17.4. The van der Waals surface area contributed by atoms with Crippen LogP contribution in [-0.2, 0) is 21.4 Å². The molecule has 0 unspecified atom stereocenters. The Hall–Kier alpha value is -2.38. The van der Waals surface area contributed by atoms with Gasteiger partial charge in [-0.15, -0.1) is 0 Å². The van der Waals surface area contributed by atoms with Crippen LogP contribution in [-0.4, -0.2) is 14.3 Å². The van der Waals surface area contributed by atoms with Gasteiger partial charge in [0.05, 0.1) is 17.7 Å². The highest BCUT2D eigenvalue weighted by Gasteiger charge is 2.23. The largest absolute Gasteiger partial charge is 0.468 e. The maximum absolute atomic E-state index is 12.4. The molecule has 0 spiro atoms. The quantitative estimate of drug-likeness (QED) is 0.743. The average Bonchev–Trinajstić information content (AvgIpc) is 3.30. The molecule has 2 aromatic rings. The number of benzene rings is 1. The zero-order valence-electron chi connectivity index (χ0n) is 13.9. The molecule has 0 radical (unpaired) electrons. The minimum absolute atomic E-state index is 0.0647. The fourth-order valence-corrected chi connectivity index (χ4v) is 3.48. The van der Waals surface area contributed by atoms with Gasteiger partial charge in [-0.2, -0.15) is 0 Å². The van der Waals surface area contributed by atoms with Gasteiger partial charge in [0.2, 0.25) is 15.9 Å². The lowest BCUT2D eigenvalue weighted by molar-refractivity contribution is -0.112. The Balaban J connectivity index is 1.67. The molecule has 7 heteroatoms. The van der Waals surface area contributed by atoms with Crippen molar-refractivity contribution in [1.29, 1.82) is 0 Å². The molecule has 1 aromatic heterocycles. The van der Waals surface area contributed by atoms with Crippen molar-refractivity contribution in [3.63, 3.8) is 0 Å². The number of hydrogen-bond donors (Lipinski definition) is 2. The van der Waals surface area contributed by atoms with Gasteiger partial charge in [-0.3, -0.25) is 4.79 Å². The van der Waals surface area contributed by atoms with E-state index in [0.29, 0.717) is 17.4 Å². The number of furan rings is 1. The highest BCUT2D eigenvalue weighted by molar-refractivity contribution is 7.89. The molecule has 0 aliphatic heterocycles. The molecular weight excluding hydrogens is 340 g/mol. The van der Waals surface area contributed by atoms with Crippen LogP contribution in [0.25, 0.3) is 0 Å². The third-order valence-corrected chi connectivity index (χ3v) is 5.41. The molecule has 132 valence electrons. The Kier molecular flexibility index (Phi) is 5.06. The zero-order chi connectivity index (χ0) is 17.9. The Morgan fingerprint density at radius 1 is 1.28 bits per heavy atom. The van der Waals surface area contributed by atoms with Crippen molar-refractivity contribution < 1.29 is 17.6 Å². The van der Waals surface area contributed by atoms with Crippen LogP contribution in [0, 0.1) is 5.92 Å². The second-order valence-electron chi connectivity index (χ2n) is 6.08. The number of sulfonamides is 1. The highest BCUT2D eigenvalue weighted by atomic mass is 32.2. The van der Waals surface area contributed by atoms with Crippen molar-refractivity contribution in [2.24, 2.45) is 5.92 Å². The Bertz CT molecular complexity index is 882. The smallest absolute Gasteiger partial charge is 0.248 e. The summed E-state index contributed by atoms with van der Waals surface area (Å²) in [5, 5.41) is 2.71. The van der Waals surface area contributed by atoms with Crippen LogP contribution in [0.2, 0.25) is 0 Å². The van der Waals surface area contributed by atoms with Gasteiger partial charge in [-0.25, -0.2) is 13.1 Å². The topological polar surface area (TPSA) is 88.4 Å². The fourth-order valence-electron chi connectivity index (χ4n) is 2.45. The van der Waals surface area contributed by atoms with Gasteiger partial charge in [0.1, 0.15) is 5.76 Å². The first-order valence-corrected chi connectivity index (χ1v) is 9.54. The average molecular weight is 360 g/mol. The van der Waals surface area contributed by atoms with Crippen LogP contribution in [0.5, 0.6) is 0 Å². The van der Waals surface area contributed by atoms with Crippen LogP contribution in [0.1, 0.15) is 25.5 Å². The van der Waals surface area contributed by atoms with Crippen molar-refractivity contribution in [1.82, 2.24) is 4.72 Å². The van der Waals surface area contributed by atoms with E-state index in [4.69, 9.17) is 4.42 Å². The third kappa shape index (κ3) is 4.80. The van der Waals surface area contributed by atoms with Gasteiger partial charge in [-0.1, -0.05) is 11.6 Å². The monoisotopic (exact) mass is 360 g/mol. The number of anilines is 1. The number of carbonyl (C=O) groups excluding carboxylic acids is 1. The van der Waals surface area contributed by atoms with Crippen LogP contribution in [0.4, 0.5) is 5.69 Å². The Morgan fingerprint density at radius 3 is 2.76 bits per heavy atom. The van der Waals surface area contributed by atoms with Crippen molar-refractivity contribution in [2.75, 3.05) is 5.32 Å². The van der Waals surface area contributed by atoms with E-state index in [1.165, 1.54) is 18.4 Å². The molecule has 3 rings (SSSR count). The number of carbonyl (C=O) groups is 1. The summed E-state index contributed by atoms with van der Waals surface area (Å²) in [6, 6.07) is 9.54.